The molecule has 0 aliphatic carbocycles. The zero-order valence-corrected chi connectivity index (χ0v) is 11.8. The van der Waals surface area contributed by atoms with E-state index in [0.717, 1.165) is 0 Å². The van der Waals surface area contributed by atoms with Gasteiger partial charge in [-0.25, -0.2) is 15.0 Å². The molecule has 0 atom stereocenters. The van der Waals surface area contributed by atoms with E-state index in [-0.39, 0.29) is 5.75 Å². The van der Waals surface area contributed by atoms with Crippen molar-refractivity contribution < 1.29 is 17.9 Å². The molecule has 2 aromatic heterocycles. The van der Waals surface area contributed by atoms with Crippen LogP contribution in [0.3, 0.4) is 0 Å². The van der Waals surface area contributed by atoms with E-state index in [2.05, 4.69) is 24.7 Å². The standard InChI is InChI=1S/C13H9F3N4OS/c14-13(15,16)21-9-3-1-2-8(4-9)5-22-12-10-11(18-6-17-10)19-7-20-12/h1-4,6-7H,5H2,(H,17,18,19,20). The molecular weight excluding hydrogens is 317 g/mol. The van der Waals surface area contributed by atoms with Crippen LogP contribution in [0.2, 0.25) is 0 Å². The Bertz CT molecular complexity index is 790. The zero-order valence-electron chi connectivity index (χ0n) is 11.0. The monoisotopic (exact) mass is 326 g/mol. The Hall–Kier alpha value is -2.29. The Morgan fingerprint density at radius 3 is 2.86 bits per heavy atom. The van der Waals surface area contributed by atoms with Crippen LogP contribution in [0.1, 0.15) is 5.56 Å². The van der Waals surface area contributed by atoms with E-state index < -0.39 is 6.36 Å². The summed E-state index contributed by atoms with van der Waals surface area (Å²) in [6.45, 7) is 0. The third-order valence-corrected chi connectivity index (χ3v) is 3.76. The number of halogens is 3. The summed E-state index contributed by atoms with van der Waals surface area (Å²) in [5.74, 6) is 0.208. The third-order valence-electron chi connectivity index (χ3n) is 2.70. The summed E-state index contributed by atoms with van der Waals surface area (Å²) in [7, 11) is 0. The zero-order chi connectivity index (χ0) is 15.6. The number of benzene rings is 1. The van der Waals surface area contributed by atoms with Crippen molar-refractivity contribution in [2.75, 3.05) is 0 Å². The fourth-order valence-electron chi connectivity index (χ4n) is 1.84. The summed E-state index contributed by atoms with van der Waals surface area (Å²) in [5, 5.41) is 0.685. The number of ether oxygens (including phenoxy) is 1. The summed E-state index contributed by atoms with van der Waals surface area (Å²) < 4.78 is 40.5. The van der Waals surface area contributed by atoms with Crippen LogP contribution >= 0.6 is 11.8 Å². The van der Waals surface area contributed by atoms with Gasteiger partial charge in [0.25, 0.3) is 0 Å². The number of hydrogen-bond donors (Lipinski definition) is 1. The first kappa shape index (κ1) is 14.6. The van der Waals surface area contributed by atoms with Gasteiger partial charge in [-0.1, -0.05) is 23.9 Å². The van der Waals surface area contributed by atoms with Crippen LogP contribution in [0, 0.1) is 0 Å². The molecule has 0 spiro atoms. The lowest BCUT2D eigenvalue weighted by Gasteiger charge is -2.09. The minimum absolute atomic E-state index is 0.236. The molecule has 5 nitrogen and oxygen atoms in total. The average molecular weight is 326 g/mol. The average Bonchev–Trinajstić information content (AvgIpc) is 2.92. The predicted molar refractivity (Wildman–Crippen MR) is 74.4 cm³/mol. The maximum Gasteiger partial charge on any atom is 0.573 e. The largest absolute Gasteiger partial charge is 0.573 e. The Balaban J connectivity index is 1.74. The van der Waals surface area contributed by atoms with Gasteiger partial charge in [-0.15, -0.1) is 13.2 Å². The molecule has 0 amide bonds. The first-order valence-corrected chi connectivity index (χ1v) is 7.11. The molecule has 3 rings (SSSR count). The van der Waals surface area contributed by atoms with Crippen molar-refractivity contribution in [3.8, 4) is 5.75 Å². The van der Waals surface area contributed by atoms with Crippen LogP contribution in [0.15, 0.2) is 41.9 Å². The number of nitrogens with one attached hydrogen (secondary N) is 1. The van der Waals surface area contributed by atoms with Gasteiger partial charge in [0.05, 0.1) is 6.33 Å². The summed E-state index contributed by atoms with van der Waals surface area (Å²) in [4.78, 5) is 15.1. The van der Waals surface area contributed by atoms with Gasteiger partial charge in [-0.3, -0.25) is 0 Å². The van der Waals surface area contributed by atoms with Crippen molar-refractivity contribution in [1.82, 2.24) is 19.9 Å². The Morgan fingerprint density at radius 2 is 2.05 bits per heavy atom. The Kier molecular flexibility index (Phi) is 3.88. The first-order valence-electron chi connectivity index (χ1n) is 6.13. The van der Waals surface area contributed by atoms with Crippen LogP contribution in [0.4, 0.5) is 13.2 Å². The van der Waals surface area contributed by atoms with Gasteiger partial charge in [0.1, 0.15) is 22.6 Å². The predicted octanol–water partition coefficient (Wildman–Crippen LogP) is 3.54. The Morgan fingerprint density at radius 1 is 1.18 bits per heavy atom. The molecule has 2 heterocycles. The molecule has 1 aromatic carbocycles. The van der Waals surface area contributed by atoms with Crippen LogP contribution in [-0.2, 0) is 5.75 Å². The fourth-order valence-corrected chi connectivity index (χ4v) is 2.74. The summed E-state index contributed by atoms with van der Waals surface area (Å²) in [6, 6.07) is 5.86. The SMILES string of the molecule is FC(F)(F)Oc1cccc(CSc2ncnc3nc[nH]c23)c1. The number of nitrogens with zero attached hydrogens (tertiary/aromatic N) is 3. The molecule has 0 saturated heterocycles. The lowest BCUT2D eigenvalue weighted by molar-refractivity contribution is -0.274. The van der Waals surface area contributed by atoms with E-state index in [1.165, 1.54) is 42.6 Å². The van der Waals surface area contributed by atoms with Gasteiger partial charge < -0.3 is 9.72 Å². The van der Waals surface area contributed by atoms with E-state index >= 15 is 0 Å². The second-order valence-electron chi connectivity index (χ2n) is 4.26. The van der Waals surface area contributed by atoms with Crippen LogP contribution in [0.25, 0.3) is 11.2 Å². The lowest BCUT2D eigenvalue weighted by atomic mass is 10.2. The molecule has 114 valence electrons. The minimum atomic E-state index is -4.69. The number of H-pyrrole nitrogens is 1. The Labute approximate surface area is 127 Å². The number of alkyl halides is 3. The smallest absolute Gasteiger partial charge is 0.406 e. The molecule has 0 unspecified atom stereocenters. The van der Waals surface area contributed by atoms with E-state index in [1.54, 1.807) is 6.07 Å². The number of aromatic nitrogens is 4. The maximum absolute atomic E-state index is 12.2. The number of fused-ring (bicyclic) bond motifs is 1. The van der Waals surface area contributed by atoms with Crippen LogP contribution in [0.5, 0.6) is 5.75 Å². The number of rotatable bonds is 4. The number of imidazole rings is 1. The first-order chi connectivity index (χ1) is 10.5. The molecule has 0 bridgehead atoms. The molecule has 0 saturated carbocycles. The van der Waals surface area contributed by atoms with E-state index in [1.807, 2.05) is 0 Å². The summed E-state index contributed by atoms with van der Waals surface area (Å²) in [6.07, 6.45) is -1.78. The van der Waals surface area contributed by atoms with E-state index in [9.17, 15) is 13.2 Å². The lowest BCUT2D eigenvalue weighted by Crippen LogP contribution is -2.17. The highest BCUT2D eigenvalue weighted by Crippen LogP contribution is 2.28. The highest BCUT2D eigenvalue weighted by Gasteiger charge is 2.31. The number of thioether (sulfide) groups is 1. The molecule has 0 radical (unpaired) electrons. The third kappa shape index (κ3) is 3.48. The van der Waals surface area contributed by atoms with E-state index in [4.69, 9.17) is 0 Å². The maximum atomic E-state index is 12.2. The van der Waals surface area contributed by atoms with Crippen molar-refractivity contribution in [2.45, 2.75) is 17.1 Å². The highest BCUT2D eigenvalue weighted by molar-refractivity contribution is 7.98. The molecule has 22 heavy (non-hydrogen) atoms. The van der Waals surface area contributed by atoms with Crippen molar-refractivity contribution >= 4 is 22.9 Å². The van der Waals surface area contributed by atoms with Gasteiger partial charge in [0, 0.05) is 5.75 Å². The normalized spacial score (nSPS) is 11.8. The second-order valence-corrected chi connectivity index (χ2v) is 5.23. The second kappa shape index (κ2) is 5.84. The molecule has 3 aromatic rings. The van der Waals surface area contributed by atoms with Gasteiger partial charge in [0.2, 0.25) is 0 Å². The van der Waals surface area contributed by atoms with Gasteiger partial charge in [-0.05, 0) is 17.7 Å². The van der Waals surface area contributed by atoms with Crippen molar-refractivity contribution in [1.29, 1.82) is 0 Å². The molecule has 0 aliphatic rings. The van der Waals surface area contributed by atoms with Crippen molar-refractivity contribution in [2.24, 2.45) is 0 Å². The number of hydrogen-bond acceptors (Lipinski definition) is 5. The number of aromatic amines is 1. The van der Waals surface area contributed by atoms with Crippen molar-refractivity contribution in [3.63, 3.8) is 0 Å². The van der Waals surface area contributed by atoms with Crippen molar-refractivity contribution in [3.05, 3.63) is 42.5 Å². The van der Waals surface area contributed by atoms with Gasteiger partial charge in [-0.2, -0.15) is 0 Å². The van der Waals surface area contributed by atoms with Gasteiger partial charge in [0.15, 0.2) is 5.65 Å². The molecule has 1 N–H and O–H groups in total. The molecule has 0 fully saturated rings. The molecule has 9 heteroatoms. The summed E-state index contributed by atoms with van der Waals surface area (Å²) >= 11 is 1.38. The minimum Gasteiger partial charge on any atom is -0.406 e. The molecule has 0 aliphatic heterocycles. The van der Waals surface area contributed by atoms with Crippen LogP contribution < -0.4 is 4.74 Å². The fraction of sp³-hybridized carbons (Fsp3) is 0.154. The van der Waals surface area contributed by atoms with Gasteiger partial charge >= 0.3 is 6.36 Å². The summed E-state index contributed by atoms with van der Waals surface area (Å²) in [5.41, 5.74) is 1.94. The topological polar surface area (TPSA) is 63.7 Å². The van der Waals surface area contributed by atoms with E-state index in [0.29, 0.717) is 27.5 Å². The molecular formula is C13H9F3N4OS. The van der Waals surface area contributed by atoms with Crippen LogP contribution in [-0.4, -0.2) is 26.3 Å². The quantitative estimate of drug-likeness (QED) is 0.587. The highest BCUT2D eigenvalue weighted by atomic mass is 32.2.